The number of carbonyl (C=O) groups is 2. The van der Waals surface area contributed by atoms with Gasteiger partial charge in [0.1, 0.15) is 6.04 Å². The van der Waals surface area contributed by atoms with Gasteiger partial charge in [-0.3, -0.25) is 0 Å². The quantitative estimate of drug-likeness (QED) is 0.778. The highest BCUT2D eigenvalue weighted by Crippen LogP contribution is 2.08. The van der Waals surface area contributed by atoms with E-state index in [1.165, 1.54) is 4.90 Å². The van der Waals surface area contributed by atoms with Crippen LogP contribution in [0.25, 0.3) is 0 Å². The molecule has 0 aliphatic carbocycles. The molecule has 8 heteroatoms. The minimum Gasteiger partial charge on any atom is -0.480 e. The van der Waals surface area contributed by atoms with Crippen molar-refractivity contribution in [2.75, 3.05) is 24.6 Å². The van der Waals surface area contributed by atoms with E-state index < -0.39 is 27.9 Å². The highest BCUT2D eigenvalue weighted by Gasteiger charge is 2.26. The fraction of sp³-hybridized carbons (Fsp3) is 0.833. The number of amides is 2. The summed E-state index contributed by atoms with van der Waals surface area (Å²) < 4.78 is 22.9. The van der Waals surface area contributed by atoms with Crippen LogP contribution in [-0.4, -0.2) is 61.1 Å². The van der Waals surface area contributed by atoms with Crippen molar-refractivity contribution in [1.82, 2.24) is 10.2 Å². The van der Waals surface area contributed by atoms with Gasteiger partial charge >= 0.3 is 12.0 Å². The van der Waals surface area contributed by atoms with E-state index in [1.807, 2.05) is 13.8 Å². The molecular formula is C12H22N2O5S. The average Bonchev–Trinajstić information content (AvgIpc) is 2.48. The SMILES string of the molecule is CC(C)CC(NC(=O)N1CCCS(=O)(=O)CC1)C(=O)O. The lowest BCUT2D eigenvalue weighted by Gasteiger charge is -2.24. The third kappa shape index (κ3) is 5.36. The van der Waals surface area contributed by atoms with Crippen LogP contribution in [0.15, 0.2) is 0 Å². The van der Waals surface area contributed by atoms with Gasteiger partial charge in [-0.1, -0.05) is 13.8 Å². The van der Waals surface area contributed by atoms with Crippen molar-refractivity contribution < 1.29 is 23.1 Å². The van der Waals surface area contributed by atoms with Gasteiger partial charge in [0.15, 0.2) is 9.84 Å². The molecule has 2 N–H and O–H groups in total. The number of carboxylic acids is 1. The molecule has 1 aliphatic rings. The third-order valence-corrected chi connectivity index (χ3v) is 4.86. The molecule has 1 atom stereocenters. The van der Waals surface area contributed by atoms with Crippen molar-refractivity contribution in [1.29, 1.82) is 0 Å². The fourth-order valence-electron chi connectivity index (χ4n) is 2.07. The van der Waals surface area contributed by atoms with Crippen LogP contribution in [0.5, 0.6) is 0 Å². The zero-order valence-electron chi connectivity index (χ0n) is 11.8. The number of nitrogens with zero attached hydrogens (tertiary/aromatic N) is 1. The molecule has 0 aromatic heterocycles. The van der Waals surface area contributed by atoms with Crippen LogP contribution < -0.4 is 5.32 Å². The number of sulfone groups is 1. The Bertz CT molecular complexity index is 460. The number of urea groups is 1. The number of hydrogen-bond acceptors (Lipinski definition) is 4. The maximum absolute atomic E-state index is 12.0. The Balaban J connectivity index is 2.62. The summed E-state index contributed by atoms with van der Waals surface area (Å²) in [7, 11) is -3.09. The van der Waals surface area contributed by atoms with Gasteiger partial charge in [-0.05, 0) is 18.8 Å². The number of rotatable bonds is 4. The lowest BCUT2D eigenvalue weighted by Crippen LogP contribution is -2.49. The lowest BCUT2D eigenvalue weighted by molar-refractivity contribution is -0.139. The summed E-state index contributed by atoms with van der Waals surface area (Å²) in [5.41, 5.74) is 0. The second-order valence-corrected chi connectivity index (χ2v) is 7.77. The fourth-order valence-corrected chi connectivity index (χ4v) is 3.35. The van der Waals surface area contributed by atoms with E-state index in [0.29, 0.717) is 19.4 Å². The van der Waals surface area contributed by atoms with Crippen molar-refractivity contribution in [3.8, 4) is 0 Å². The van der Waals surface area contributed by atoms with Crippen LogP contribution in [0, 0.1) is 5.92 Å². The molecule has 1 rings (SSSR count). The van der Waals surface area contributed by atoms with E-state index in [0.717, 1.165) is 0 Å². The molecule has 7 nitrogen and oxygen atoms in total. The van der Waals surface area contributed by atoms with Gasteiger partial charge in [0, 0.05) is 13.1 Å². The van der Waals surface area contributed by atoms with E-state index in [4.69, 9.17) is 5.11 Å². The minimum absolute atomic E-state index is 0.0671. The topological polar surface area (TPSA) is 104 Å². The summed E-state index contributed by atoms with van der Waals surface area (Å²) >= 11 is 0. The van der Waals surface area contributed by atoms with Crippen molar-refractivity contribution in [3.05, 3.63) is 0 Å². The molecule has 0 radical (unpaired) electrons. The molecule has 0 saturated carbocycles. The maximum Gasteiger partial charge on any atom is 0.326 e. The highest BCUT2D eigenvalue weighted by molar-refractivity contribution is 7.91. The minimum atomic E-state index is -3.09. The van der Waals surface area contributed by atoms with Crippen molar-refractivity contribution in [2.45, 2.75) is 32.7 Å². The molecule has 0 spiro atoms. The second kappa shape index (κ2) is 6.92. The van der Waals surface area contributed by atoms with E-state index in [2.05, 4.69) is 5.32 Å². The first-order chi connectivity index (χ1) is 9.21. The summed E-state index contributed by atoms with van der Waals surface area (Å²) in [5.74, 6) is -0.927. The number of nitrogens with one attached hydrogen (secondary N) is 1. The number of hydrogen-bond donors (Lipinski definition) is 2. The van der Waals surface area contributed by atoms with Crippen LogP contribution in [0.2, 0.25) is 0 Å². The molecule has 0 aromatic rings. The molecule has 2 amide bonds. The van der Waals surface area contributed by atoms with Gasteiger partial charge in [-0.25, -0.2) is 18.0 Å². The Hall–Kier alpha value is -1.31. The predicted octanol–water partition coefficient (Wildman–Crippen LogP) is 0.316. The second-order valence-electron chi connectivity index (χ2n) is 5.46. The van der Waals surface area contributed by atoms with Gasteiger partial charge in [-0.15, -0.1) is 0 Å². The van der Waals surface area contributed by atoms with Gasteiger partial charge in [0.05, 0.1) is 11.5 Å². The first-order valence-corrected chi connectivity index (χ1v) is 8.52. The smallest absolute Gasteiger partial charge is 0.326 e. The van der Waals surface area contributed by atoms with Crippen molar-refractivity contribution in [2.24, 2.45) is 5.92 Å². The Kier molecular flexibility index (Phi) is 5.79. The predicted molar refractivity (Wildman–Crippen MR) is 74.3 cm³/mol. The zero-order valence-corrected chi connectivity index (χ0v) is 12.6. The first-order valence-electron chi connectivity index (χ1n) is 6.70. The third-order valence-electron chi connectivity index (χ3n) is 3.15. The van der Waals surface area contributed by atoms with Crippen molar-refractivity contribution >= 4 is 21.8 Å². The summed E-state index contributed by atoms with van der Waals surface area (Å²) in [4.78, 5) is 24.5. The van der Waals surface area contributed by atoms with Crippen LogP contribution in [0.4, 0.5) is 4.79 Å². The Morgan fingerprint density at radius 2 is 1.90 bits per heavy atom. The van der Waals surface area contributed by atoms with Gasteiger partial charge in [-0.2, -0.15) is 0 Å². The number of carboxylic acid groups (broad SMARTS) is 1. The van der Waals surface area contributed by atoms with Crippen LogP contribution in [-0.2, 0) is 14.6 Å². The average molecular weight is 306 g/mol. The molecule has 20 heavy (non-hydrogen) atoms. The first kappa shape index (κ1) is 16.7. The molecular weight excluding hydrogens is 284 g/mol. The lowest BCUT2D eigenvalue weighted by atomic mass is 10.0. The van der Waals surface area contributed by atoms with Gasteiger partial charge < -0.3 is 15.3 Å². The van der Waals surface area contributed by atoms with Crippen LogP contribution in [0.3, 0.4) is 0 Å². The van der Waals surface area contributed by atoms with Gasteiger partial charge in [0.25, 0.3) is 0 Å². The molecule has 1 saturated heterocycles. The Morgan fingerprint density at radius 1 is 1.25 bits per heavy atom. The van der Waals surface area contributed by atoms with Crippen molar-refractivity contribution in [3.63, 3.8) is 0 Å². The van der Waals surface area contributed by atoms with E-state index in [9.17, 15) is 18.0 Å². The normalized spacial score (nSPS) is 20.2. The molecule has 1 heterocycles. The summed E-state index contributed by atoms with van der Waals surface area (Å²) in [5, 5.41) is 11.5. The van der Waals surface area contributed by atoms with E-state index in [1.54, 1.807) is 0 Å². The molecule has 0 aromatic carbocycles. The number of aliphatic carboxylic acids is 1. The highest BCUT2D eigenvalue weighted by atomic mass is 32.2. The molecule has 0 bridgehead atoms. The maximum atomic E-state index is 12.0. The van der Waals surface area contributed by atoms with E-state index >= 15 is 0 Å². The van der Waals surface area contributed by atoms with Crippen LogP contribution in [0.1, 0.15) is 26.7 Å². The number of carbonyl (C=O) groups excluding carboxylic acids is 1. The largest absolute Gasteiger partial charge is 0.480 e. The van der Waals surface area contributed by atoms with E-state index in [-0.39, 0.29) is 24.0 Å². The molecule has 116 valence electrons. The van der Waals surface area contributed by atoms with Crippen LogP contribution >= 0.6 is 0 Å². The summed E-state index contributed by atoms with van der Waals surface area (Å²) in [6.45, 7) is 4.20. The summed E-state index contributed by atoms with van der Waals surface area (Å²) in [6.07, 6.45) is 0.727. The molecule has 1 aliphatic heterocycles. The Morgan fingerprint density at radius 3 is 2.45 bits per heavy atom. The summed E-state index contributed by atoms with van der Waals surface area (Å²) in [6, 6.07) is -1.45. The standard InChI is InChI=1S/C12H22N2O5S/c1-9(2)8-10(11(15)16)13-12(17)14-4-3-6-20(18,19)7-5-14/h9-10H,3-8H2,1-2H3,(H,13,17)(H,15,16). The zero-order chi connectivity index (χ0) is 15.3. The van der Waals surface area contributed by atoms with Gasteiger partial charge in [0.2, 0.25) is 0 Å². The Labute approximate surface area is 119 Å². The molecule has 1 fully saturated rings. The molecule has 1 unspecified atom stereocenters. The monoisotopic (exact) mass is 306 g/mol.